The van der Waals surface area contributed by atoms with Crippen molar-refractivity contribution in [3.05, 3.63) is 118 Å². The van der Waals surface area contributed by atoms with Gasteiger partial charge in [-0.05, 0) is 42.3 Å². The van der Waals surface area contributed by atoms with Gasteiger partial charge in [-0.3, -0.25) is 14.7 Å². The van der Waals surface area contributed by atoms with E-state index >= 15 is 0 Å². The molecule has 0 saturated carbocycles. The largest absolute Gasteiger partial charge is 0.447 e. The van der Waals surface area contributed by atoms with Gasteiger partial charge in [0, 0.05) is 47.5 Å². The number of nitrogens with one attached hydrogen (secondary N) is 1. The highest BCUT2D eigenvalue weighted by atomic mass is 35.5. The minimum absolute atomic E-state index is 0.0468. The third-order valence-electron chi connectivity index (χ3n) is 5.73. The second-order valence-corrected chi connectivity index (χ2v) is 9.02. The highest BCUT2D eigenvalue weighted by Crippen LogP contribution is 2.28. The number of hydrogen-bond acceptors (Lipinski definition) is 5. The van der Waals surface area contributed by atoms with Crippen molar-refractivity contribution in [1.29, 1.82) is 0 Å². The summed E-state index contributed by atoms with van der Waals surface area (Å²) in [6.45, 7) is 3.54. The van der Waals surface area contributed by atoms with E-state index in [1.165, 1.54) is 6.26 Å². The molecular weight excluding hydrogens is 483 g/mol. The number of carbonyl (C=O) groups is 1. The van der Waals surface area contributed by atoms with Crippen LogP contribution in [0.2, 0.25) is 10.0 Å². The number of aromatic nitrogens is 2. The lowest BCUT2D eigenvalue weighted by atomic mass is 10.1. The van der Waals surface area contributed by atoms with Crippen LogP contribution in [0.25, 0.3) is 0 Å². The third kappa shape index (κ3) is 6.92. The van der Waals surface area contributed by atoms with Crippen LogP contribution >= 0.6 is 23.2 Å². The maximum atomic E-state index is 12.6. The number of rotatable bonds is 10. The van der Waals surface area contributed by atoms with Crippen LogP contribution in [0.4, 0.5) is 0 Å². The summed E-state index contributed by atoms with van der Waals surface area (Å²) in [4.78, 5) is 23.5. The number of nitrogens with zero attached hydrogens (tertiary/aromatic N) is 3. The molecule has 1 N–H and O–H groups in total. The molecule has 0 spiro atoms. The molecule has 1 unspecified atom stereocenters. The van der Waals surface area contributed by atoms with E-state index in [9.17, 15) is 4.79 Å². The lowest BCUT2D eigenvalue weighted by molar-refractivity contribution is 0.0949. The van der Waals surface area contributed by atoms with Crippen LogP contribution in [0.5, 0.6) is 0 Å². The Morgan fingerprint density at radius 3 is 2.60 bits per heavy atom. The summed E-state index contributed by atoms with van der Waals surface area (Å²) in [5, 5.41) is 4.06. The minimum Gasteiger partial charge on any atom is -0.447 e. The first kappa shape index (κ1) is 24.9. The molecular formula is C27H26Cl2N4O2. The topological polar surface area (TPSA) is 71.3 Å². The minimum atomic E-state index is -0.278. The van der Waals surface area contributed by atoms with E-state index in [4.69, 9.17) is 27.6 Å². The van der Waals surface area contributed by atoms with Crippen LogP contribution in [-0.4, -0.2) is 27.3 Å². The molecule has 0 saturated heterocycles. The second-order valence-electron chi connectivity index (χ2n) is 8.18. The van der Waals surface area contributed by atoms with Crippen molar-refractivity contribution < 1.29 is 9.21 Å². The van der Waals surface area contributed by atoms with E-state index in [1.54, 1.807) is 12.3 Å². The predicted molar refractivity (Wildman–Crippen MR) is 137 cm³/mol. The zero-order valence-corrected chi connectivity index (χ0v) is 20.8. The van der Waals surface area contributed by atoms with Crippen LogP contribution in [0.1, 0.15) is 46.2 Å². The SMILES string of the molecule is CC(c1ccccc1)N(Cc1nc(C(=O)NCCc2ccccn2)co1)Cc1ccc(Cl)cc1Cl. The van der Waals surface area contributed by atoms with Gasteiger partial charge in [0.05, 0.1) is 6.54 Å². The van der Waals surface area contributed by atoms with Crippen LogP contribution in [0.3, 0.4) is 0 Å². The van der Waals surface area contributed by atoms with E-state index in [-0.39, 0.29) is 17.6 Å². The molecule has 180 valence electrons. The number of benzene rings is 2. The fraction of sp³-hybridized carbons (Fsp3) is 0.222. The Kier molecular flexibility index (Phi) is 8.53. The maximum absolute atomic E-state index is 12.6. The van der Waals surface area contributed by atoms with Gasteiger partial charge in [-0.1, -0.05) is 65.7 Å². The summed E-state index contributed by atoms with van der Waals surface area (Å²) in [5.74, 6) is 0.173. The third-order valence-corrected chi connectivity index (χ3v) is 6.32. The van der Waals surface area contributed by atoms with E-state index in [2.05, 4.69) is 39.2 Å². The van der Waals surface area contributed by atoms with Crippen LogP contribution in [-0.2, 0) is 19.5 Å². The lowest BCUT2D eigenvalue weighted by Gasteiger charge is -2.28. The van der Waals surface area contributed by atoms with Crippen molar-refractivity contribution in [2.24, 2.45) is 0 Å². The summed E-state index contributed by atoms with van der Waals surface area (Å²) in [6, 6.07) is 21.4. The summed E-state index contributed by atoms with van der Waals surface area (Å²) >= 11 is 12.5. The molecule has 2 aromatic carbocycles. The first-order valence-corrected chi connectivity index (χ1v) is 12.1. The van der Waals surface area contributed by atoms with Crippen molar-refractivity contribution in [1.82, 2.24) is 20.2 Å². The molecule has 0 radical (unpaired) electrons. The Balaban J connectivity index is 1.45. The first-order valence-electron chi connectivity index (χ1n) is 11.3. The van der Waals surface area contributed by atoms with Crippen LogP contribution in [0.15, 0.2) is 83.6 Å². The molecule has 0 aliphatic carbocycles. The van der Waals surface area contributed by atoms with Gasteiger partial charge in [0.25, 0.3) is 5.91 Å². The molecule has 1 amide bonds. The number of amides is 1. The van der Waals surface area contributed by atoms with E-state index in [0.717, 1.165) is 16.8 Å². The van der Waals surface area contributed by atoms with Crippen molar-refractivity contribution in [3.8, 4) is 0 Å². The summed E-state index contributed by atoms with van der Waals surface area (Å²) < 4.78 is 5.67. The van der Waals surface area contributed by atoms with Crippen molar-refractivity contribution in [2.75, 3.05) is 6.54 Å². The summed E-state index contributed by atoms with van der Waals surface area (Å²) in [5.41, 5.74) is 3.26. The molecule has 8 heteroatoms. The Bertz CT molecular complexity index is 1250. The van der Waals surface area contributed by atoms with Gasteiger partial charge in [-0.25, -0.2) is 4.98 Å². The summed E-state index contributed by atoms with van der Waals surface area (Å²) in [6.07, 6.45) is 3.77. The average molecular weight is 509 g/mol. The molecule has 4 aromatic rings. The maximum Gasteiger partial charge on any atom is 0.273 e. The Morgan fingerprint density at radius 1 is 1.06 bits per heavy atom. The average Bonchev–Trinajstić information content (AvgIpc) is 3.34. The van der Waals surface area contributed by atoms with Gasteiger partial charge >= 0.3 is 0 Å². The number of carbonyl (C=O) groups excluding carboxylic acids is 1. The van der Waals surface area contributed by atoms with Crippen LogP contribution < -0.4 is 5.32 Å². The first-order chi connectivity index (χ1) is 17.0. The molecule has 0 aliphatic rings. The van der Waals surface area contributed by atoms with Crippen molar-refractivity contribution >= 4 is 29.1 Å². The number of pyridine rings is 1. The fourth-order valence-electron chi connectivity index (χ4n) is 3.74. The normalized spacial score (nSPS) is 12.0. The van der Waals surface area contributed by atoms with E-state index in [1.807, 2.05) is 48.5 Å². The molecule has 6 nitrogen and oxygen atoms in total. The van der Waals surface area contributed by atoms with E-state index < -0.39 is 0 Å². The fourth-order valence-corrected chi connectivity index (χ4v) is 4.21. The zero-order valence-electron chi connectivity index (χ0n) is 19.3. The zero-order chi connectivity index (χ0) is 24.6. The quantitative estimate of drug-likeness (QED) is 0.279. The monoisotopic (exact) mass is 508 g/mol. The van der Waals surface area contributed by atoms with Crippen molar-refractivity contribution in [2.45, 2.75) is 32.5 Å². The Hall–Kier alpha value is -3.19. The molecule has 0 bridgehead atoms. The predicted octanol–water partition coefficient (Wildman–Crippen LogP) is 6.11. The van der Waals surface area contributed by atoms with E-state index in [0.29, 0.717) is 42.0 Å². The van der Waals surface area contributed by atoms with Gasteiger partial charge in [0.15, 0.2) is 5.69 Å². The van der Waals surface area contributed by atoms with Gasteiger partial charge in [0.1, 0.15) is 6.26 Å². The van der Waals surface area contributed by atoms with Crippen LogP contribution in [0, 0.1) is 0 Å². The molecule has 35 heavy (non-hydrogen) atoms. The molecule has 4 rings (SSSR count). The lowest BCUT2D eigenvalue weighted by Crippen LogP contribution is -2.27. The van der Waals surface area contributed by atoms with Gasteiger partial charge in [0.2, 0.25) is 5.89 Å². The standard InChI is InChI=1S/C27H26Cl2N4O2/c1-19(20-7-3-2-4-8-20)33(16-21-10-11-22(28)15-24(21)29)17-26-32-25(18-35-26)27(34)31-14-12-23-9-5-6-13-30-23/h2-11,13,15,18-19H,12,14,16-17H2,1H3,(H,31,34). The molecule has 0 fully saturated rings. The van der Waals surface area contributed by atoms with Gasteiger partial charge < -0.3 is 9.73 Å². The summed E-state index contributed by atoms with van der Waals surface area (Å²) in [7, 11) is 0. The number of oxazole rings is 1. The molecule has 1 atom stereocenters. The second kappa shape index (κ2) is 12.0. The Labute approximate surface area is 214 Å². The smallest absolute Gasteiger partial charge is 0.273 e. The molecule has 0 aliphatic heterocycles. The number of halogens is 2. The molecule has 2 heterocycles. The van der Waals surface area contributed by atoms with Gasteiger partial charge in [-0.15, -0.1) is 0 Å². The van der Waals surface area contributed by atoms with Crippen molar-refractivity contribution in [3.63, 3.8) is 0 Å². The Morgan fingerprint density at radius 2 is 1.86 bits per heavy atom. The van der Waals surface area contributed by atoms with Gasteiger partial charge in [-0.2, -0.15) is 0 Å². The highest BCUT2D eigenvalue weighted by Gasteiger charge is 2.21. The number of hydrogen-bond donors (Lipinski definition) is 1. The molecule has 2 aromatic heterocycles. The highest BCUT2D eigenvalue weighted by molar-refractivity contribution is 6.35.